The summed E-state index contributed by atoms with van der Waals surface area (Å²) >= 11 is 4.93. The molecule has 0 saturated carbocycles. The van der Waals surface area contributed by atoms with E-state index in [9.17, 15) is 4.79 Å². The normalized spacial score (nSPS) is 11.0. The molecule has 2 aromatic rings. The van der Waals surface area contributed by atoms with Crippen LogP contribution in [0.25, 0.3) is 0 Å². The van der Waals surface area contributed by atoms with E-state index in [1.165, 1.54) is 5.56 Å². The SMILES string of the molecule is CC(C)(C)c1ccc(OCC(=O)Nc2cccc(C(N)=S)c2)cc1. The van der Waals surface area contributed by atoms with E-state index in [0.29, 0.717) is 22.0 Å². The second-order valence-corrected chi connectivity index (χ2v) is 7.00. The minimum absolute atomic E-state index is 0.0633. The van der Waals surface area contributed by atoms with Crippen LogP contribution >= 0.6 is 12.2 Å². The molecule has 1 amide bonds. The average molecular weight is 342 g/mol. The molecular formula is C19H22N2O2S. The van der Waals surface area contributed by atoms with Crippen LogP contribution < -0.4 is 15.8 Å². The van der Waals surface area contributed by atoms with Crippen molar-refractivity contribution in [2.24, 2.45) is 5.73 Å². The van der Waals surface area contributed by atoms with E-state index in [2.05, 4.69) is 26.1 Å². The zero-order valence-electron chi connectivity index (χ0n) is 14.1. The smallest absolute Gasteiger partial charge is 0.262 e. The molecule has 5 heteroatoms. The molecule has 0 bridgehead atoms. The standard InChI is InChI=1S/C19H22N2O2S/c1-19(2,3)14-7-9-16(10-8-14)23-12-17(22)21-15-6-4-5-13(11-15)18(20)24/h4-11H,12H2,1-3H3,(H2,20,24)(H,21,22). The molecule has 0 aromatic heterocycles. The van der Waals surface area contributed by atoms with Gasteiger partial charge in [-0.1, -0.05) is 57.3 Å². The number of ether oxygens (including phenoxy) is 1. The molecule has 0 aliphatic heterocycles. The van der Waals surface area contributed by atoms with Crippen LogP contribution in [-0.2, 0) is 10.2 Å². The number of amides is 1. The maximum atomic E-state index is 12.0. The Morgan fingerprint density at radius 1 is 1.17 bits per heavy atom. The predicted molar refractivity (Wildman–Crippen MR) is 102 cm³/mol. The summed E-state index contributed by atoms with van der Waals surface area (Å²) in [6.07, 6.45) is 0. The Morgan fingerprint density at radius 3 is 2.42 bits per heavy atom. The first-order valence-electron chi connectivity index (χ1n) is 7.69. The van der Waals surface area contributed by atoms with Crippen molar-refractivity contribution in [3.05, 3.63) is 59.7 Å². The fourth-order valence-corrected chi connectivity index (χ4v) is 2.27. The first-order valence-corrected chi connectivity index (χ1v) is 8.09. The number of nitrogens with one attached hydrogen (secondary N) is 1. The van der Waals surface area contributed by atoms with Crippen molar-refractivity contribution in [1.82, 2.24) is 0 Å². The van der Waals surface area contributed by atoms with Crippen molar-refractivity contribution >= 4 is 28.8 Å². The Kier molecular flexibility index (Phi) is 5.57. The van der Waals surface area contributed by atoms with E-state index in [-0.39, 0.29) is 17.9 Å². The van der Waals surface area contributed by atoms with Crippen LogP contribution in [0.5, 0.6) is 5.75 Å². The number of carbonyl (C=O) groups excluding carboxylic acids is 1. The molecule has 0 fully saturated rings. The largest absolute Gasteiger partial charge is 0.484 e. The van der Waals surface area contributed by atoms with E-state index in [4.69, 9.17) is 22.7 Å². The molecule has 0 aliphatic carbocycles. The zero-order valence-corrected chi connectivity index (χ0v) is 14.9. The fourth-order valence-electron chi connectivity index (χ4n) is 2.15. The summed E-state index contributed by atoms with van der Waals surface area (Å²) in [5.74, 6) is 0.421. The molecule has 4 nitrogen and oxygen atoms in total. The van der Waals surface area contributed by atoms with Gasteiger partial charge in [0.15, 0.2) is 6.61 Å². The number of carbonyl (C=O) groups is 1. The summed E-state index contributed by atoms with van der Waals surface area (Å²) in [6, 6.07) is 14.9. The van der Waals surface area contributed by atoms with Gasteiger partial charge in [-0.15, -0.1) is 0 Å². The van der Waals surface area contributed by atoms with E-state index >= 15 is 0 Å². The van der Waals surface area contributed by atoms with Gasteiger partial charge in [-0.05, 0) is 35.2 Å². The van der Waals surface area contributed by atoms with E-state index in [1.54, 1.807) is 24.3 Å². The maximum Gasteiger partial charge on any atom is 0.262 e. The molecule has 3 N–H and O–H groups in total. The van der Waals surface area contributed by atoms with Gasteiger partial charge in [-0.3, -0.25) is 4.79 Å². The van der Waals surface area contributed by atoms with Gasteiger partial charge >= 0.3 is 0 Å². The van der Waals surface area contributed by atoms with E-state index < -0.39 is 0 Å². The van der Waals surface area contributed by atoms with Crippen LogP contribution in [0.2, 0.25) is 0 Å². The Balaban J connectivity index is 1.91. The highest BCUT2D eigenvalue weighted by molar-refractivity contribution is 7.80. The van der Waals surface area contributed by atoms with Crippen molar-refractivity contribution in [1.29, 1.82) is 0 Å². The molecule has 0 radical (unpaired) electrons. The van der Waals surface area contributed by atoms with Gasteiger partial charge in [-0.2, -0.15) is 0 Å². The minimum atomic E-state index is -0.241. The van der Waals surface area contributed by atoms with Crippen molar-refractivity contribution in [3.63, 3.8) is 0 Å². The fraction of sp³-hybridized carbons (Fsp3) is 0.263. The number of nitrogens with two attached hydrogens (primary N) is 1. The lowest BCUT2D eigenvalue weighted by Crippen LogP contribution is -2.20. The van der Waals surface area contributed by atoms with Crippen LogP contribution in [0.3, 0.4) is 0 Å². The van der Waals surface area contributed by atoms with Gasteiger partial charge in [0.05, 0.1) is 0 Å². The third-order valence-corrected chi connectivity index (χ3v) is 3.76. The summed E-state index contributed by atoms with van der Waals surface area (Å²) in [5, 5.41) is 2.76. The van der Waals surface area contributed by atoms with Gasteiger partial charge in [0.1, 0.15) is 10.7 Å². The number of benzene rings is 2. The van der Waals surface area contributed by atoms with Crippen LogP contribution in [0.4, 0.5) is 5.69 Å². The molecule has 0 spiro atoms. The highest BCUT2D eigenvalue weighted by Crippen LogP contribution is 2.24. The molecular weight excluding hydrogens is 320 g/mol. The van der Waals surface area contributed by atoms with Crippen LogP contribution in [0, 0.1) is 0 Å². The molecule has 2 rings (SSSR count). The van der Waals surface area contributed by atoms with Crippen molar-refractivity contribution in [3.8, 4) is 5.75 Å². The number of anilines is 1. The summed E-state index contributed by atoms with van der Waals surface area (Å²) in [7, 11) is 0. The highest BCUT2D eigenvalue weighted by Gasteiger charge is 2.13. The quantitative estimate of drug-likeness (QED) is 0.814. The predicted octanol–water partition coefficient (Wildman–Crippen LogP) is 3.64. The van der Waals surface area contributed by atoms with Gasteiger partial charge < -0.3 is 15.8 Å². The Bertz CT molecular complexity index is 734. The summed E-state index contributed by atoms with van der Waals surface area (Å²) in [5.41, 5.74) is 8.23. The molecule has 0 saturated heterocycles. The summed E-state index contributed by atoms with van der Waals surface area (Å²) in [4.78, 5) is 12.3. The molecule has 0 aliphatic rings. The van der Waals surface area contributed by atoms with Gasteiger partial charge in [0, 0.05) is 11.3 Å². The number of rotatable bonds is 5. The van der Waals surface area contributed by atoms with E-state index in [1.807, 2.05) is 24.3 Å². The molecule has 0 unspecified atom stereocenters. The monoisotopic (exact) mass is 342 g/mol. The topological polar surface area (TPSA) is 64.3 Å². The molecule has 2 aromatic carbocycles. The number of hydrogen-bond donors (Lipinski definition) is 2. The lowest BCUT2D eigenvalue weighted by atomic mass is 9.87. The number of thiocarbonyl (C=S) groups is 1. The van der Waals surface area contributed by atoms with Gasteiger partial charge in [0.25, 0.3) is 5.91 Å². The maximum absolute atomic E-state index is 12.0. The molecule has 0 heterocycles. The second kappa shape index (κ2) is 7.45. The molecule has 126 valence electrons. The van der Waals surface area contributed by atoms with Crippen molar-refractivity contribution < 1.29 is 9.53 Å². The third kappa shape index (κ3) is 5.06. The van der Waals surface area contributed by atoms with Crippen LogP contribution in [0.1, 0.15) is 31.9 Å². The summed E-state index contributed by atoms with van der Waals surface area (Å²) in [6.45, 7) is 6.39. The first kappa shape index (κ1) is 17.9. The second-order valence-electron chi connectivity index (χ2n) is 6.56. The molecule has 0 atom stereocenters. The average Bonchev–Trinajstić information content (AvgIpc) is 2.53. The van der Waals surface area contributed by atoms with Crippen LogP contribution in [-0.4, -0.2) is 17.5 Å². The van der Waals surface area contributed by atoms with Gasteiger partial charge in [-0.25, -0.2) is 0 Å². The Morgan fingerprint density at radius 2 is 1.83 bits per heavy atom. The van der Waals surface area contributed by atoms with Gasteiger partial charge in [0.2, 0.25) is 0 Å². The first-order chi connectivity index (χ1) is 11.3. The van der Waals surface area contributed by atoms with Crippen LogP contribution in [0.15, 0.2) is 48.5 Å². The lowest BCUT2D eigenvalue weighted by Gasteiger charge is -2.19. The Hall–Kier alpha value is -2.40. The van der Waals surface area contributed by atoms with Crippen molar-refractivity contribution in [2.45, 2.75) is 26.2 Å². The Labute approximate surface area is 148 Å². The summed E-state index contributed by atoms with van der Waals surface area (Å²) < 4.78 is 5.52. The minimum Gasteiger partial charge on any atom is -0.484 e. The van der Waals surface area contributed by atoms with Crippen molar-refractivity contribution in [2.75, 3.05) is 11.9 Å². The molecule has 24 heavy (non-hydrogen) atoms. The highest BCUT2D eigenvalue weighted by atomic mass is 32.1. The lowest BCUT2D eigenvalue weighted by molar-refractivity contribution is -0.118. The van der Waals surface area contributed by atoms with E-state index in [0.717, 1.165) is 0 Å². The third-order valence-electron chi connectivity index (χ3n) is 3.52. The number of hydrogen-bond acceptors (Lipinski definition) is 3. The zero-order chi connectivity index (χ0) is 17.7.